The molecule has 1 aliphatic carbocycles. The molecule has 0 aliphatic heterocycles. The van der Waals surface area contributed by atoms with Gasteiger partial charge in [0.2, 0.25) is 5.91 Å². The van der Waals surface area contributed by atoms with Gasteiger partial charge in [-0.15, -0.1) is 0 Å². The smallest absolute Gasteiger partial charge is 0.220 e. The number of hydrogen-bond acceptors (Lipinski definition) is 3. The Morgan fingerprint density at radius 2 is 1.87 bits per heavy atom. The van der Waals surface area contributed by atoms with Crippen LogP contribution < -0.4 is 5.32 Å². The third-order valence-corrected chi connectivity index (χ3v) is 6.18. The molecule has 3 aromatic rings. The van der Waals surface area contributed by atoms with Crippen LogP contribution in [0.3, 0.4) is 0 Å². The van der Waals surface area contributed by atoms with Gasteiger partial charge in [-0.25, -0.2) is 0 Å². The van der Waals surface area contributed by atoms with E-state index in [1.807, 2.05) is 61.1 Å². The molecule has 0 fully saturated rings. The highest BCUT2D eigenvalue weighted by molar-refractivity contribution is 5.98. The van der Waals surface area contributed by atoms with Gasteiger partial charge in [0.15, 0.2) is 5.78 Å². The number of rotatable bonds is 7. The fourth-order valence-corrected chi connectivity index (χ4v) is 4.21. The van der Waals surface area contributed by atoms with Gasteiger partial charge in [0.25, 0.3) is 0 Å². The van der Waals surface area contributed by atoms with Gasteiger partial charge in [0, 0.05) is 29.7 Å². The minimum atomic E-state index is -0.0779. The SMILES string of the molecule is Cc1ccc(C(=O)CCC(=O)NC2CCCc3c2cnn3Cc2ccccc2)cc1C. The highest BCUT2D eigenvalue weighted by Gasteiger charge is 2.25. The average molecular weight is 416 g/mol. The summed E-state index contributed by atoms with van der Waals surface area (Å²) < 4.78 is 2.05. The Kier molecular flexibility index (Phi) is 6.31. The Morgan fingerprint density at radius 1 is 1.06 bits per heavy atom. The van der Waals surface area contributed by atoms with Crippen molar-refractivity contribution in [3.05, 3.63) is 88.2 Å². The van der Waals surface area contributed by atoms with Crippen LogP contribution in [0.1, 0.15) is 70.0 Å². The van der Waals surface area contributed by atoms with Crippen LogP contribution in [0.25, 0.3) is 0 Å². The van der Waals surface area contributed by atoms with Crippen LogP contribution in [0.5, 0.6) is 0 Å². The van der Waals surface area contributed by atoms with E-state index < -0.39 is 0 Å². The van der Waals surface area contributed by atoms with Gasteiger partial charge in [0.05, 0.1) is 18.8 Å². The van der Waals surface area contributed by atoms with Crippen molar-refractivity contribution in [1.82, 2.24) is 15.1 Å². The maximum Gasteiger partial charge on any atom is 0.220 e. The summed E-state index contributed by atoms with van der Waals surface area (Å²) in [5.74, 6) is -0.0656. The molecule has 1 atom stereocenters. The van der Waals surface area contributed by atoms with Crippen molar-refractivity contribution in [1.29, 1.82) is 0 Å². The molecule has 31 heavy (non-hydrogen) atoms. The highest BCUT2D eigenvalue weighted by atomic mass is 16.2. The van der Waals surface area contributed by atoms with Crippen molar-refractivity contribution < 1.29 is 9.59 Å². The Hall–Kier alpha value is -3.21. The maximum atomic E-state index is 12.6. The summed E-state index contributed by atoms with van der Waals surface area (Å²) in [6, 6.07) is 16.0. The second kappa shape index (κ2) is 9.29. The van der Waals surface area contributed by atoms with Crippen LogP contribution in [-0.2, 0) is 17.8 Å². The normalized spacial score (nSPS) is 15.4. The number of aryl methyl sites for hydroxylation is 2. The standard InChI is InChI=1S/C26H29N3O2/c1-18-11-12-21(15-19(18)2)25(30)13-14-26(31)28-23-9-6-10-24-22(23)16-27-29(24)17-20-7-4-3-5-8-20/h3-5,7-8,11-12,15-16,23H,6,9-10,13-14,17H2,1-2H3,(H,28,31). The number of carbonyl (C=O) groups excluding carboxylic acids is 2. The molecule has 1 aromatic heterocycles. The molecule has 0 radical (unpaired) electrons. The molecule has 1 unspecified atom stereocenters. The van der Waals surface area contributed by atoms with Gasteiger partial charge in [-0.3, -0.25) is 14.3 Å². The quantitative estimate of drug-likeness (QED) is 0.569. The first-order chi connectivity index (χ1) is 15.0. The van der Waals surface area contributed by atoms with Gasteiger partial charge in [-0.2, -0.15) is 5.10 Å². The zero-order valence-electron chi connectivity index (χ0n) is 18.2. The molecule has 5 nitrogen and oxygen atoms in total. The number of hydrogen-bond donors (Lipinski definition) is 1. The van der Waals surface area contributed by atoms with Gasteiger partial charge in [0.1, 0.15) is 0 Å². The summed E-state index contributed by atoms with van der Waals surface area (Å²) in [5, 5.41) is 7.73. The Balaban J connectivity index is 1.36. The van der Waals surface area contributed by atoms with Crippen molar-refractivity contribution in [2.24, 2.45) is 0 Å². The van der Waals surface area contributed by atoms with Crippen LogP contribution in [0, 0.1) is 13.8 Å². The van der Waals surface area contributed by atoms with Crippen molar-refractivity contribution in [2.45, 2.75) is 58.5 Å². The van der Waals surface area contributed by atoms with Crippen molar-refractivity contribution in [3.8, 4) is 0 Å². The van der Waals surface area contributed by atoms with Gasteiger partial charge < -0.3 is 5.32 Å². The molecule has 0 saturated heterocycles. The lowest BCUT2D eigenvalue weighted by molar-refractivity contribution is -0.121. The number of aromatic nitrogens is 2. The minimum Gasteiger partial charge on any atom is -0.349 e. The van der Waals surface area contributed by atoms with E-state index in [1.165, 1.54) is 11.3 Å². The third kappa shape index (κ3) is 4.93. The van der Waals surface area contributed by atoms with Crippen molar-refractivity contribution in [3.63, 3.8) is 0 Å². The van der Waals surface area contributed by atoms with E-state index in [1.54, 1.807) is 0 Å². The second-order valence-electron chi connectivity index (χ2n) is 8.42. The zero-order valence-corrected chi connectivity index (χ0v) is 18.2. The van der Waals surface area contributed by atoms with E-state index in [0.29, 0.717) is 5.56 Å². The van der Waals surface area contributed by atoms with E-state index in [4.69, 9.17) is 0 Å². The number of amides is 1. The topological polar surface area (TPSA) is 64.0 Å². The van der Waals surface area contributed by atoms with Crippen LogP contribution >= 0.6 is 0 Å². The number of carbonyl (C=O) groups is 2. The fraction of sp³-hybridized carbons (Fsp3) is 0.346. The summed E-state index contributed by atoms with van der Waals surface area (Å²) >= 11 is 0. The first-order valence-electron chi connectivity index (χ1n) is 11.0. The number of benzene rings is 2. The molecule has 160 valence electrons. The maximum absolute atomic E-state index is 12.6. The van der Waals surface area contributed by atoms with E-state index in [0.717, 1.165) is 42.5 Å². The molecule has 4 rings (SSSR count). The number of fused-ring (bicyclic) bond motifs is 1. The first kappa shape index (κ1) is 21.0. The van der Waals surface area contributed by atoms with Crippen molar-refractivity contribution >= 4 is 11.7 Å². The number of ketones is 1. The third-order valence-electron chi connectivity index (χ3n) is 6.18. The second-order valence-corrected chi connectivity index (χ2v) is 8.42. The number of nitrogens with zero attached hydrogens (tertiary/aromatic N) is 2. The molecule has 1 amide bonds. The summed E-state index contributed by atoms with van der Waals surface area (Å²) in [5.41, 5.74) is 6.46. The molecule has 1 heterocycles. The molecule has 1 N–H and O–H groups in total. The minimum absolute atomic E-state index is 0.0123. The predicted molar refractivity (Wildman–Crippen MR) is 121 cm³/mol. The highest BCUT2D eigenvalue weighted by Crippen LogP contribution is 2.30. The lowest BCUT2D eigenvalue weighted by Gasteiger charge is -2.24. The Labute approximate surface area is 183 Å². The van der Waals surface area contributed by atoms with E-state index in [2.05, 4.69) is 22.5 Å². The summed E-state index contributed by atoms with van der Waals surface area (Å²) in [7, 11) is 0. The van der Waals surface area contributed by atoms with Crippen LogP contribution in [-0.4, -0.2) is 21.5 Å². The van der Waals surface area contributed by atoms with Gasteiger partial charge >= 0.3 is 0 Å². The lowest BCUT2D eigenvalue weighted by atomic mass is 9.92. The molecular weight excluding hydrogens is 386 g/mol. The Morgan fingerprint density at radius 3 is 2.65 bits per heavy atom. The first-order valence-corrected chi connectivity index (χ1v) is 11.0. The average Bonchev–Trinajstić information content (AvgIpc) is 3.18. The lowest BCUT2D eigenvalue weighted by Crippen LogP contribution is -2.31. The summed E-state index contributed by atoms with van der Waals surface area (Å²) in [6.07, 6.45) is 5.21. The molecule has 0 bridgehead atoms. The number of nitrogens with one attached hydrogen (secondary N) is 1. The fourth-order valence-electron chi connectivity index (χ4n) is 4.21. The largest absolute Gasteiger partial charge is 0.349 e. The zero-order chi connectivity index (χ0) is 21.8. The molecule has 2 aromatic carbocycles. The van der Waals surface area contributed by atoms with Crippen molar-refractivity contribution in [2.75, 3.05) is 0 Å². The molecule has 0 saturated carbocycles. The van der Waals surface area contributed by atoms with Gasteiger partial charge in [-0.1, -0.05) is 42.5 Å². The predicted octanol–water partition coefficient (Wildman–Crippen LogP) is 4.70. The van der Waals surface area contributed by atoms with Crippen LogP contribution in [0.4, 0.5) is 0 Å². The summed E-state index contributed by atoms with van der Waals surface area (Å²) in [4.78, 5) is 25.1. The van der Waals surface area contributed by atoms with Crippen LogP contribution in [0.2, 0.25) is 0 Å². The molecular formula is C26H29N3O2. The molecule has 0 spiro atoms. The molecule has 1 aliphatic rings. The van der Waals surface area contributed by atoms with E-state index in [-0.39, 0.29) is 30.6 Å². The van der Waals surface area contributed by atoms with E-state index >= 15 is 0 Å². The monoisotopic (exact) mass is 415 g/mol. The van der Waals surface area contributed by atoms with Gasteiger partial charge in [-0.05, 0) is 55.9 Å². The van der Waals surface area contributed by atoms with Crippen LogP contribution in [0.15, 0.2) is 54.7 Å². The van der Waals surface area contributed by atoms with E-state index in [9.17, 15) is 9.59 Å². The summed E-state index contributed by atoms with van der Waals surface area (Å²) in [6.45, 7) is 4.76. The Bertz CT molecular complexity index is 1090. The molecule has 5 heteroatoms. The number of Topliss-reactive ketones (excluding diaryl/α,β-unsaturated/α-hetero) is 1.